The summed E-state index contributed by atoms with van der Waals surface area (Å²) in [6, 6.07) is 15.2. The van der Waals surface area contributed by atoms with Gasteiger partial charge in [-0.25, -0.2) is 9.78 Å². The molecule has 0 radical (unpaired) electrons. The number of carboxylic acids is 1. The number of nitrogens with one attached hydrogen (secondary N) is 1. The highest BCUT2D eigenvalue weighted by atomic mass is 19.4. The number of pyridine rings is 1. The summed E-state index contributed by atoms with van der Waals surface area (Å²) < 4.78 is 31.7. The molecule has 0 spiro atoms. The van der Waals surface area contributed by atoms with Crippen LogP contribution in [0.15, 0.2) is 42.5 Å². The van der Waals surface area contributed by atoms with E-state index in [9.17, 15) is 18.0 Å². The SMILES string of the molecule is CC[C@H](C)CNC(=O)c1cccc(-c2ccc(CN3CCC(N4CCCC4)CC3)cc2)n1.O=C(O)C(F)(F)F. The average molecular weight is 549 g/mol. The number of halogens is 3. The van der Waals surface area contributed by atoms with E-state index >= 15 is 0 Å². The number of hydrogen-bond donors (Lipinski definition) is 2. The maximum atomic E-state index is 12.4. The number of carbonyl (C=O) groups is 2. The predicted octanol–water partition coefficient (Wildman–Crippen LogP) is 5.22. The largest absolute Gasteiger partial charge is 0.490 e. The smallest absolute Gasteiger partial charge is 0.475 e. The Hall–Kier alpha value is -2.98. The highest BCUT2D eigenvalue weighted by Crippen LogP contribution is 2.23. The van der Waals surface area contributed by atoms with E-state index in [2.05, 4.69) is 58.2 Å². The van der Waals surface area contributed by atoms with E-state index in [4.69, 9.17) is 9.90 Å². The van der Waals surface area contributed by atoms with Gasteiger partial charge in [0.25, 0.3) is 5.91 Å². The standard InChI is InChI=1S/C27H38N4O.C2HF3O2/c1-3-21(2)19-28-27(32)26-8-6-7-25(29-26)23-11-9-22(10-12-23)20-30-17-13-24(14-18-30)31-15-4-5-16-31;3-2(4,5)1(6)7/h6-12,21,24H,3-5,13-20H2,1-2H3,(H,28,32);(H,6,7)/t21-;/m0./s1. The van der Waals surface area contributed by atoms with Crippen molar-refractivity contribution in [2.45, 2.75) is 64.7 Å². The molecule has 1 atom stereocenters. The molecule has 3 heterocycles. The van der Waals surface area contributed by atoms with E-state index in [-0.39, 0.29) is 5.91 Å². The summed E-state index contributed by atoms with van der Waals surface area (Å²) in [5, 5.41) is 10.1. The molecule has 1 aromatic heterocycles. The van der Waals surface area contributed by atoms with Crippen molar-refractivity contribution >= 4 is 11.9 Å². The van der Waals surface area contributed by atoms with Gasteiger partial charge in [-0.2, -0.15) is 13.2 Å². The van der Waals surface area contributed by atoms with Crippen molar-refractivity contribution < 1.29 is 27.9 Å². The quantitative estimate of drug-likeness (QED) is 0.471. The van der Waals surface area contributed by atoms with E-state index in [1.165, 1.54) is 57.4 Å². The minimum Gasteiger partial charge on any atom is -0.475 e. The number of piperidine rings is 1. The molecule has 2 aliphatic rings. The van der Waals surface area contributed by atoms with Crippen LogP contribution in [0.1, 0.15) is 62.0 Å². The average Bonchev–Trinajstić information content (AvgIpc) is 3.47. The molecule has 2 aromatic rings. The number of aromatic nitrogens is 1. The summed E-state index contributed by atoms with van der Waals surface area (Å²) >= 11 is 0. The molecule has 2 aliphatic heterocycles. The fraction of sp³-hybridized carbons (Fsp3) is 0.552. The van der Waals surface area contributed by atoms with Crippen LogP contribution in [0.5, 0.6) is 0 Å². The molecular formula is C29H39F3N4O3. The number of benzene rings is 1. The molecule has 7 nitrogen and oxygen atoms in total. The Morgan fingerprint density at radius 2 is 1.67 bits per heavy atom. The summed E-state index contributed by atoms with van der Waals surface area (Å²) in [5.74, 6) is -2.38. The van der Waals surface area contributed by atoms with Crippen LogP contribution in [0.25, 0.3) is 11.3 Å². The highest BCUT2D eigenvalue weighted by molar-refractivity contribution is 5.92. The van der Waals surface area contributed by atoms with E-state index in [0.717, 1.165) is 30.3 Å². The Kier molecular flexibility index (Phi) is 11.3. The Labute approximate surface area is 228 Å². The predicted molar refractivity (Wildman–Crippen MR) is 144 cm³/mol. The van der Waals surface area contributed by atoms with Crippen LogP contribution < -0.4 is 5.32 Å². The summed E-state index contributed by atoms with van der Waals surface area (Å²) in [4.78, 5) is 31.2. The molecule has 0 unspecified atom stereocenters. The number of hydrogen-bond acceptors (Lipinski definition) is 5. The third-order valence-corrected chi connectivity index (χ3v) is 7.40. The monoisotopic (exact) mass is 548 g/mol. The fourth-order valence-corrected chi connectivity index (χ4v) is 4.81. The third kappa shape index (κ3) is 9.61. The number of carboxylic acid groups (broad SMARTS) is 1. The van der Waals surface area contributed by atoms with Gasteiger partial charge in [0.2, 0.25) is 0 Å². The van der Waals surface area contributed by atoms with Crippen molar-refractivity contribution in [3.63, 3.8) is 0 Å². The van der Waals surface area contributed by atoms with Gasteiger partial charge in [0.1, 0.15) is 5.69 Å². The van der Waals surface area contributed by atoms with E-state index in [1.807, 2.05) is 12.1 Å². The molecule has 0 bridgehead atoms. The molecule has 2 N–H and O–H groups in total. The summed E-state index contributed by atoms with van der Waals surface area (Å²) in [6.07, 6.45) is 1.33. The maximum absolute atomic E-state index is 12.4. The minimum atomic E-state index is -5.08. The number of alkyl halides is 3. The van der Waals surface area contributed by atoms with E-state index < -0.39 is 12.1 Å². The van der Waals surface area contributed by atoms with Crippen LogP contribution in [0.2, 0.25) is 0 Å². The van der Waals surface area contributed by atoms with Gasteiger partial charge in [0.15, 0.2) is 0 Å². The number of carbonyl (C=O) groups excluding carboxylic acids is 1. The first-order valence-corrected chi connectivity index (χ1v) is 13.7. The van der Waals surface area contributed by atoms with Gasteiger partial charge >= 0.3 is 12.1 Å². The summed E-state index contributed by atoms with van der Waals surface area (Å²) in [5.41, 5.74) is 3.73. The third-order valence-electron chi connectivity index (χ3n) is 7.40. The van der Waals surface area contributed by atoms with Gasteiger partial charge < -0.3 is 15.3 Å². The van der Waals surface area contributed by atoms with Crippen molar-refractivity contribution in [3.8, 4) is 11.3 Å². The minimum absolute atomic E-state index is 0.0962. The Morgan fingerprint density at radius 1 is 1.05 bits per heavy atom. The first kappa shape index (κ1) is 30.6. The van der Waals surface area contributed by atoms with Crippen molar-refractivity contribution in [3.05, 3.63) is 53.7 Å². The first-order chi connectivity index (χ1) is 18.6. The van der Waals surface area contributed by atoms with Crippen LogP contribution in [0.3, 0.4) is 0 Å². The van der Waals surface area contributed by atoms with Crippen LogP contribution >= 0.6 is 0 Å². The maximum Gasteiger partial charge on any atom is 0.490 e. The molecule has 214 valence electrons. The molecule has 4 rings (SSSR count). The lowest BCUT2D eigenvalue weighted by atomic mass is 10.0. The van der Waals surface area contributed by atoms with Crippen LogP contribution in [-0.2, 0) is 11.3 Å². The van der Waals surface area contributed by atoms with Crippen molar-refractivity contribution in [1.82, 2.24) is 20.1 Å². The lowest BCUT2D eigenvalue weighted by Gasteiger charge is -2.36. The number of nitrogens with zero attached hydrogens (tertiary/aromatic N) is 3. The molecular weight excluding hydrogens is 509 g/mol. The fourth-order valence-electron chi connectivity index (χ4n) is 4.81. The van der Waals surface area contributed by atoms with Crippen LogP contribution in [-0.4, -0.2) is 76.7 Å². The number of aliphatic carboxylic acids is 1. The second kappa shape index (κ2) is 14.4. The number of likely N-dealkylation sites (tertiary alicyclic amines) is 2. The lowest BCUT2D eigenvalue weighted by molar-refractivity contribution is -0.192. The second-order valence-corrected chi connectivity index (χ2v) is 10.4. The molecule has 0 aliphatic carbocycles. The van der Waals surface area contributed by atoms with Gasteiger partial charge in [0.05, 0.1) is 5.69 Å². The van der Waals surface area contributed by atoms with Crippen molar-refractivity contribution in [2.24, 2.45) is 5.92 Å². The molecule has 1 aromatic carbocycles. The van der Waals surface area contributed by atoms with Gasteiger partial charge in [-0.05, 0) is 75.5 Å². The zero-order valence-electron chi connectivity index (χ0n) is 22.7. The topological polar surface area (TPSA) is 85.8 Å². The molecule has 1 amide bonds. The van der Waals surface area contributed by atoms with Gasteiger partial charge in [-0.1, -0.05) is 50.6 Å². The summed E-state index contributed by atoms with van der Waals surface area (Å²) in [6.45, 7) is 11.0. The van der Waals surface area contributed by atoms with Crippen molar-refractivity contribution in [2.75, 3.05) is 32.7 Å². The highest BCUT2D eigenvalue weighted by Gasteiger charge is 2.38. The first-order valence-electron chi connectivity index (χ1n) is 13.7. The lowest BCUT2D eigenvalue weighted by Crippen LogP contribution is -2.43. The van der Waals surface area contributed by atoms with Gasteiger partial charge in [0, 0.05) is 24.7 Å². The number of rotatable bonds is 8. The zero-order chi connectivity index (χ0) is 28.4. The zero-order valence-corrected chi connectivity index (χ0v) is 22.7. The van der Waals surface area contributed by atoms with Crippen LogP contribution in [0, 0.1) is 5.92 Å². The molecule has 0 saturated carbocycles. The molecule has 2 saturated heterocycles. The molecule has 2 fully saturated rings. The Balaban J connectivity index is 0.000000532. The summed E-state index contributed by atoms with van der Waals surface area (Å²) in [7, 11) is 0. The number of amides is 1. The van der Waals surface area contributed by atoms with Crippen molar-refractivity contribution in [1.29, 1.82) is 0 Å². The van der Waals surface area contributed by atoms with E-state index in [0.29, 0.717) is 18.2 Å². The Morgan fingerprint density at radius 3 is 2.23 bits per heavy atom. The van der Waals surface area contributed by atoms with Crippen LogP contribution in [0.4, 0.5) is 13.2 Å². The second-order valence-electron chi connectivity index (χ2n) is 10.4. The molecule has 10 heteroatoms. The van der Waals surface area contributed by atoms with Gasteiger partial charge in [-0.3, -0.25) is 9.69 Å². The molecule has 39 heavy (non-hydrogen) atoms. The normalized spacial score (nSPS) is 17.8. The Bertz CT molecular complexity index is 1060. The van der Waals surface area contributed by atoms with E-state index in [1.54, 1.807) is 6.07 Å². The van der Waals surface area contributed by atoms with Gasteiger partial charge in [-0.15, -0.1) is 0 Å².